The SMILES string of the molecule is C=CCC(N)C(=O)NC(C)c1ncn[nH]1. The number of nitrogens with one attached hydrogen (secondary N) is 2. The Kier molecular flexibility index (Phi) is 3.99. The fraction of sp³-hybridized carbons (Fsp3) is 0.444. The van der Waals surface area contributed by atoms with Gasteiger partial charge >= 0.3 is 0 Å². The number of carbonyl (C=O) groups excluding carboxylic acids is 1. The molecule has 0 spiro atoms. The lowest BCUT2D eigenvalue weighted by Crippen LogP contribution is -2.41. The van der Waals surface area contributed by atoms with Gasteiger partial charge in [0.05, 0.1) is 12.1 Å². The lowest BCUT2D eigenvalue weighted by atomic mass is 10.2. The van der Waals surface area contributed by atoms with E-state index in [1.54, 1.807) is 13.0 Å². The topological polar surface area (TPSA) is 96.7 Å². The van der Waals surface area contributed by atoms with Crippen LogP contribution < -0.4 is 11.1 Å². The van der Waals surface area contributed by atoms with E-state index >= 15 is 0 Å². The van der Waals surface area contributed by atoms with E-state index in [-0.39, 0.29) is 11.9 Å². The van der Waals surface area contributed by atoms with Crippen molar-refractivity contribution in [1.82, 2.24) is 20.5 Å². The number of hydrogen-bond donors (Lipinski definition) is 3. The molecule has 0 saturated carbocycles. The van der Waals surface area contributed by atoms with Gasteiger partial charge in [-0.05, 0) is 13.3 Å². The number of H-pyrrole nitrogens is 1. The van der Waals surface area contributed by atoms with Crippen LogP contribution in [0.5, 0.6) is 0 Å². The highest BCUT2D eigenvalue weighted by atomic mass is 16.2. The maximum atomic E-state index is 11.5. The monoisotopic (exact) mass is 209 g/mol. The molecule has 1 amide bonds. The molecule has 4 N–H and O–H groups in total. The van der Waals surface area contributed by atoms with Gasteiger partial charge in [0.15, 0.2) is 0 Å². The van der Waals surface area contributed by atoms with Gasteiger partial charge in [0.2, 0.25) is 5.91 Å². The fourth-order valence-corrected chi connectivity index (χ4v) is 1.10. The highest BCUT2D eigenvalue weighted by molar-refractivity contribution is 5.81. The molecule has 1 heterocycles. The third kappa shape index (κ3) is 3.17. The number of rotatable bonds is 5. The molecule has 15 heavy (non-hydrogen) atoms. The standard InChI is InChI=1S/C9H15N5O/c1-3-4-7(10)9(15)13-6(2)8-11-5-12-14-8/h3,5-7H,1,4,10H2,2H3,(H,13,15)(H,11,12,14). The summed E-state index contributed by atoms with van der Waals surface area (Å²) in [6.45, 7) is 5.33. The fourth-order valence-electron chi connectivity index (χ4n) is 1.10. The number of carbonyl (C=O) groups is 1. The second-order valence-electron chi connectivity index (χ2n) is 3.23. The predicted octanol–water partition coefficient (Wildman–Crippen LogP) is -0.115. The molecular formula is C9H15N5O. The maximum absolute atomic E-state index is 11.5. The number of nitrogens with two attached hydrogens (primary N) is 1. The van der Waals surface area contributed by atoms with Gasteiger partial charge in [0, 0.05) is 0 Å². The molecule has 0 bridgehead atoms. The molecule has 2 atom stereocenters. The minimum atomic E-state index is -0.562. The molecular weight excluding hydrogens is 194 g/mol. The van der Waals surface area contributed by atoms with Crippen LogP contribution in [0, 0.1) is 0 Å². The van der Waals surface area contributed by atoms with Crippen LogP contribution in [0.2, 0.25) is 0 Å². The summed E-state index contributed by atoms with van der Waals surface area (Å²) in [4.78, 5) is 15.4. The molecule has 1 aromatic rings. The van der Waals surface area contributed by atoms with Crippen molar-refractivity contribution in [3.05, 3.63) is 24.8 Å². The average molecular weight is 209 g/mol. The van der Waals surface area contributed by atoms with Gasteiger partial charge in [0.25, 0.3) is 0 Å². The smallest absolute Gasteiger partial charge is 0.237 e. The second-order valence-corrected chi connectivity index (χ2v) is 3.23. The maximum Gasteiger partial charge on any atom is 0.237 e. The molecule has 6 heteroatoms. The van der Waals surface area contributed by atoms with Crippen molar-refractivity contribution < 1.29 is 4.79 Å². The zero-order valence-corrected chi connectivity index (χ0v) is 8.60. The predicted molar refractivity (Wildman–Crippen MR) is 55.7 cm³/mol. The van der Waals surface area contributed by atoms with E-state index in [1.807, 2.05) is 0 Å². The number of aromatic nitrogens is 3. The van der Waals surface area contributed by atoms with Crippen molar-refractivity contribution in [1.29, 1.82) is 0 Å². The summed E-state index contributed by atoms with van der Waals surface area (Å²) in [5, 5.41) is 9.09. The summed E-state index contributed by atoms with van der Waals surface area (Å²) in [6, 6.07) is -0.788. The average Bonchev–Trinajstić information content (AvgIpc) is 2.70. The summed E-state index contributed by atoms with van der Waals surface area (Å²) < 4.78 is 0. The Morgan fingerprint density at radius 2 is 2.60 bits per heavy atom. The number of hydrogen-bond acceptors (Lipinski definition) is 4. The molecule has 0 aliphatic rings. The lowest BCUT2D eigenvalue weighted by Gasteiger charge is -2.14. The van der Waals surface area contributed by atoms with E-state index in [1.165, 1.54) is 6.33 Å². The van der Waals surface area contributed by atoms with Crippen molar-refractivity contribution in [3.63, 3.8) is 0 Å². The molecule has 0 aromatic carbocycles. The highest BCUT2D eigenvalue weighted by Crippen LogP contribution is 2.04. The Bertz CT molecular complexity index is 321. The van der Waals surface area contributed by atoms with E-state index in [0.29, 0.717) is 12.2 Å². The number of nitrogens with zero attached hydrogens (tertiary/aromatic N) is 2. The molecule has 0 saturated heterocycles. The Labute approximate surface area is 88.0 Å². The molecule has 0 aliphatic heterocycles. The van der Waals surface area contributed by atoms with Gasteiger partial charge in [-0.15, -0.1) is 6.58 Å². The van der Waals surface area contributed by atoms with Gasteiger partial charge < -0.3 is 11.1 Å². The van der Waals surface area contributed by atoms with Gasteiger partial charge in [0.1, 0.15) is 12.2 Å². The Morgan fingerprint density at radius 3 is 3.13 bits per heavy atom. The third-order valence-electron chi connectivity index (χ3n) is 1.96. The first kappa shape index (κ1) is 11.4. The van der Waals surface area contributed by atoms with E-state index < -0.39 is 6.04 Å². The van der Waals surface area contributed by atoms with Crippen molar-refractivity contribution in [2.45, 2.75) is 25.4 Å². The Hall–Kier alpha value is -1.69. The second kappa shape index (κ2) is 5.26. The van der Waals surface area contributed by atoms with Gasteiger partial charge in [-0.2, -0.15) is 5.10 Å². The molecule has 0 aliphatic carbocycles. The Balaban J connectivity index is 2.48. The van der Waals surface area contributed by atoms with Gasteiger partial charge in [-0.3, -0.25) is 9.89 Å². The van der Waals surface area contributed by atoms with Crippen molar-refractivity contribution in [2.24, 2.45) is 5.73 Å². The van der Waals surface area contributed by atoms with Crippen LogP contribution in [-0.2, 0) is 4.79 Å². The molecule has 6 nitrogen and oxygen atoms in total. The molecule has 0 fully saturated rings. The van der Waals surface area contributed by atoms with E-state index in [9.17, 15) is 4.79 Å². The largest absolute Gasteiger partial charge is 0.345 e. The first-order valence-electron chi connectivity index (χ1n) is 4.67. The van der Waals surface area contributed by atoms with E-state index in [2.05, 4.69) is 27.1 Å². The first-order valence-corrected chi connectivity index (χ1v) is 4.67. The van der Waals surface area contributed by atoms with Crippen LogP contribution in [0.25, 0.3) is 0 Å². The summed E-state index contributed by atoms with van der Waals surface area (Å²) in [5.41, 5.74) is 5.60. The third-order valence-corrected chi connectivity index (χ3v) is 1.96. The molecule has 82 valence electrons. The summed E-state index contributed by atoms with van der Waals surface area (Å²) in [6.07, 6.45) is 3.46. The van der Waals surface area contributed by atoms with E-state index in [0.717, 1.165) is 0 Å². The Morgan fingerprint density at radius 1 is 1.87 bits per heavy atom. The minimum absolute atomic E-state index is 0.223. The van der Waals surface area contributed by atoms with Crippen LogP contribution in [0.1, 0.15) is 25.2 Å². The lowest BCUT2D eigenvalue weighted by molar-refractivity contribution is -0.123. The molecule has 0 radical (unpaired) electrons. The normalized spacial score (nSPS) is 14.3. The van der Waals surface area contributed by atoms with Gasteiger partial charge in [-0.1, -0.05) is 6.08 Å². The van der Waals surface area contributed by atoms with Crippen LogP contribution in [-0.4, -0.2) is 27.1 Å². The van der Waals surface area contributed by atoms with Crippen molar-refractivity contribution in [2.75, 3.05) is 0 Å². The van der Waals surface area contributed by atoms with Crippen molar-refractivity contribution >= 4 is 5.91 Å². The summed E-state index contributed by atoms with van der Waals surface area (Å²) >= 11 is 0. The van der Waals surface area contributed by atoms with Crippen LogP contribution in [0.3, 0.4) is 0 Å². The number of amides is 1. The van der Waals surface area contributed by atoms with E-state index in [4.69, 9.17) is 5.73 Å². The molecule has 1 aromatic heterocycles. The number of aromatic amines is 1. The minimum Gasteiger partial charge on any atom is -0.345 e. The van der Waals surface area contributed by atoms with Gasteiger partial charge in [-0.25, -0.2) is 4.98 Å². The van der Waals surface area contributed by atoms with Crippen LogP contribution in [0.15, 0.2) is 19.0 Å². The zero-order valence-electron chi connectivity index (χ0n) is 8.60. The summed E-state index contributed by atoms with van der Waals surface area (Å²) in [5.74, 6) is 0.382. The van der Waals surface area contributed by atoms with Crippen molar-refractivity contribution in [3.8, 4) is 0 Å². The zero-order chi connectivity index (χ0) is 11.3. The quantitative estimate of drug-likeness (QED) is 0.589. The summed E-state index contributed by atoms with van der Waals surface area (Å²) in [7, 11) is 0. The molecule has 2 unspecified atom stereocenters. The molecule has 1 rings (SSSR count). The highest BCUT2D eigenvalue weighted by Gasteiger charge is 2.16. The first-order chi connectivity index (χ1) is 7.15. The van der Waals surface area contributed by atoms with Crippen LogP contribution in [0.4, 0.5) is 0 Å². The van der Waals surface area contributed by atoms with Crippen LogP contribution >= 0.6 is 0 Å².